The first-order valence-corrected chi connectivity index (χ1v) is 6.64. The molecule has 1 aliphatic rings. The van der Waals surface area contributed by atoms with Gasteiger partial charge >= 0.3 is 5.69 Å². The number of ether oxygens (including phenoxy) is 2. The Morgan fingerprint density at radius 1 is 1.27 bits per heavy atom. The van der Waals surface area contributed by atoms with Crippen molar-refractivity contribution in [2.75, 3.05) is 6.61 Å². The first kappa shape index (κ1) is 16.9. The molecule has 10 heteroatoms. The maximum Gasteiger partial charge on any atom is 0.312 e. The van der Waals surface area contributed by atoms with Crippen LogP contribution in [0.25, 0.3) is 0 Å². The summed E-state index contributed by atoms with van der Waals surface area (Å²) in [7, 11) is 0. The van der Waals surface area contributed by atoms with E-state index in [1.54, 1.807) is 0 Å². The molecule has 1 heterocycles. The van der Waals surface area contributed by atoms with Gasteiger partial charge in [0.25, 0.3) is 0 Å². The van der Waals surface area contributed by atoms with Crippen molar-refractivity contribution in [3.05, 3.63) is 33.3 Å². The molecule has 4 N–H and O–H groups in total. The van der Waals surface area contributed by atoms with Crippen molar-refractivity contribution in [2.24, 2.45) is 0 Å². The Balaban J connectivity index is 2.24. The summed E-state index contributed by atoms with van der Waals surface area (Å²) < 4.78 is 10.3. The number of halogens is 1. The molecule has 0 radical (unpaired) electrons. The van der Waals surface area contributed by atoms with E-state index in [-0.39, 0.29) is 10.8 Å². The smallest absolute Gasteiger partial charge is 0.312 e. The number of aliphatic hydroxyl groups is 4. The van der Waals surface area contributed by atoms with Gasteiger partial charge in [0.05, 0.1) is 11.5 Å². The highest BCUT2D eigenvalue weighted by Crippen LogP contribution is 2.33. The molecule has 0 amide bonds. The third kappa shape index (κ3) is 3.29. The number of nitro benzene ring substituents is 1. The van der Waals surface area contributed by atoms with Gasteiger partial charge in [0.2, 0.25) is 6.29 Å². The normalized spacial score (nSPS) is 31.8. The van der Waals surface area contributed by atoms with E-state index in [2.05, 4.69) is 0 Å². The van der Waals surface area contributed by atoms with Crippen LogP contribution >= 0.6 is 11.6 Å². The lowest BCUT2D eigenvalue weighted by Crippen LogP contribution is -2.60. The van der Waals surface area contributed by atoms with E-state index in [1.807, 2.05) is 0 Å². The molecule has 22 heavy (non-hydrogen) atoms. The molecule has 0 bridgehead atoms. The number of hydrogen-bond acceptors (Lipinski definition) is 8. The lowest BCUT2D eigenvalue weighted by atomic mass is 9.99. The Labute approximate surface area is 129 Å². The summed E-state index contributed by atoms with van der Waals surface area (Å²) in [6, 6.07) is 3.61. The minimum atomic E-state index is -1.66. The van der Waals surface area contributed by atoms with Crippen LogP contribution in [0.5, 0.6) is 5.75 Å². The molecule has 5 atom stereocenters. The molecule has 1 fully saturated rings. The van der Waals surface area contributed by atoms with Crippen LogP contribution < -0.4 is 4.74 Å². The zero-order chi connectivity index (χ0) is 16.4. The van der Waals surface area contributed by atoms with Gasteiger partial charge in [-0.05, 0) is 12.1 Å². The summed E-state index contributed by atoms with van der Waals surface area (Å²) >= 11 is 5.67. The summed E-state index contributed by atoms with van der Waals surface area (Å²) in [5, 5.41) is 49.3. The number of benzene rings is 1. The van der Waals surface area contributed by atoms with Crippen molar-refractivity contribution in [1.29, 1.82) is 0 Å². The summed E-state index contributed by atoms with van der Waals surface area (Å²) in [6.07, 6.45) is -7.51. The average molecular weight is 336 g/mol. The van der Waals surface area contributed by atoms with Crippen LogP contribution in [0, 0.1) is 10.1 Å². The Morgan fingerprint density at radius 2 is 1.95 bits per heavy atom. The Kier molecular flexibility index (Phi) is 5.16. The van der Waals surface area contributed by atoms with Crippen molar-refractivity contribution in [3.8, 4) is 5.75 Å². The highest BCUT2D eigenvalue weighted by molar-refractivity contribution is 6.30. The maximum absolute atomic E-state index is 11.0. The van der Waals surface area contributed by atoms with Gasteiger partial charge in [-0.25, -0.2) is 0 Å². The minimum absolute atomic E-state index is 0.118. The fourth-order valence-electron chi connectivity index (χ4n) is 2.02. The maximum atomic E-state index is 11.0. The fourth-order valence-corrected chi connectivity index (χ4v) is 2.19. The van der Waals surface area contributed by atoms with Crippen LogP contribution in [0.15, 0.2) is 18.2 Å². The van der Waals surface area contributed by atoms with Crippen LogP contribution in [-0.4, -0.2) is 62.7 Å². The molecule has 0 unspecified atom stereocenters. The number of hydrogen-bond donors (Lipinski definition) is 4. The number of nitro groups is 1. The zero-order valence-corrected chi connectivity index (χ0v) is 11.8. The SMILES string of the molecule is O=[N+]([O-])c1cc(Cl)ccc1O[C@@H]1O[C@H](CO)[C@H](O)[C@H](O)[C@H]1O. The average Bonchev–Trinajstić information content (AvgIpc) is 2.49. The highest BCUT2D eigenvalue weighted by atomic mass is 35.5. The highest BCUT2D eigenvalue weighted by Gasteiger charge is 2.45. The lowest BCUT2D eigenvalue weighted by Gasteiger charge is -2.39. The topological polar surface area (TPSA) is 143 Å². The second-order valence-corrected chi connectivity index (χ2v) is 5.12. The number of aliphatic hydroxyl groups excluding tert-OH is 4. The number of nitrogens with zero attached hydrogens (tertiary/aromatic N) is 1. The molecule has 1 aliphatic heterocycles. The van der Waals surface area contributed by atoms with E-state index >= 15 is 0 Å². The molecule has 9 nitrogen and oxygen atoms in total. The quantitative estimate of drug-likeness (QED) is 0.423. The zero-order valence-electron chi connectivity index (χ0n) is 11.1. The van der Waals surface area contributed by atoms with Gasteiger partial charge in [-0.15, -0.1) is 0 Å². The molecule has 0 aliphatic carbocycles. The van der Waals surface area contributed by atoms with E-state index in [1.165, 1.54) is 12.1 Å². The summed E-state index contributed by atoms with van der Waals surface area (Å²) in [6.45, 7) is -0.631. The Bertz CT molecular complexity index is 554. The molecule has 1 saturated heterocycles. The largest absolute Gasteiger partial charge is 0.455 e. The molecule has 0 aromatic heterocycles. The van der Waals surface area contributed by atoms with Crippen LogP contribution in [0.1, 0.15) is 0 Å². The second-order valence-electron chi connectivity index (χ2n) is 4.68. The third-order valence-corrected chi connectivity index (χ3v) is 3.44. The lowest BCUT2D eigenvalue weighted by molar-refractivity contribution is -0.387. The van der Waals surface area contributed by atoms with Gasteiger partial charge in [-0.3, -0.25) is 10.1 Å². The minimum Gasteiger partial charge on any atom is -0.455 e. The van der Waals surface area contributed by atoms with Gasteiger partial charge in [-0.1, -0.05) is 11.6 Å². The molecule has 1 aromatic carbocycles. The van der Waals surface area contributed by atoms with Gasteiger partial charge < -0.3 is 29.9 Å². The summed E-state index contributed by atoms with van der Waals surface area (Å²) in [4.78, 5) is 10.2. The van der Waals surface area contributed by atoms with Crippen molar-refractivity contribution in [3.63, 3.8) is 0 Å². The summed E-state index contributed by atoms with van der Waals surface area (Å²) in [5.74, 6) is -0.237. The van der Waals surface area contributed by atoms with Gasteiger partial charge in [0.15, 0.2) is 5.75 Å². The predicted octanol–water partition coefficient (Wildman–Crippen LogP) is -0.573. The number of rotatable bonds is 4. The van der Waals surface area contributed by atoms with Gasteiger partial charge in [-0.2, -0.15) is 0 Å². The molecule has 2 rings (SSSR count). The van der Waals surface area contributed by atoms with Crippen molar-refractivity contribution in [1.82, 2.24) is 0 Å². The van der Waals surface area contributed by atoms with Crippen LogP contribution in [0.4, 0.5) is 5.69 Å². The van der Waals surface area contributed by atoms with Gasteiger partial charge in [0, 0.05) is 11.1 Å². The summed E-state index contributed by atoms with van der Waals surface area (Å²) in [5.41, 5.74) is -0.454. The molecule has 0 saturated carbocycles. The second kappa shape index (κ2) is 6.73. The van der Waals surface area contributed by atoms with Crippen molar-refractivity contribution in [2.45, 2.75) is 30.7 Å². The third-order valence-electron chi connectivity index (χ3n) is 3.21. The van der Waals surface area contributed by atoms with E-state index in [9.17, 15) is 25.4 Å². The van der Waals surface area contributed by atoms with Crippen molar-refractivity contribution < 1.29 is 34.8 Å². The molecular weight excluding hydrogens is 322 g/mol. The van der Waals surface area contributed by atoms with Crippen LogP contribution in [-0.2, 0) is 4.74 Å². The molecule has 0 spiro atoms. The van der Waals surface area contributed by atoms with E-state index < -0.39 is 47.9 Å². The fraction of sp³-hybridized carbons (Fsp3) is 0.500. The van der Waals surface area contributed by atoms with E-state index in [4.69, 9.17) is 26.2 Å². The standard InChI is InChI=1S/C12H14ClNO8/c13-5-1-2-7(6(3-5)14(19)20)21-12-11(18)10(17)9(16)8(4-15)22-12/h1-3,8-12,15-18H,4H2/t8-,9+,10+,11-,12-/m1/s1. The monoisotopic (exact) mass is 335 g/mol. The van der Waals surface area contributed by atoms with Crippen LogP contribution in [0.3, 0.4) is 0 Å². The molecule has 122 valence electrons. The molecular formula is C12H14ClNO8. The van der Waals surface area contributed by atoms with Crippen molar-refractivity contribution >= 4 is 17.3 Å². The Hall–Kier alpha value is -1.49. The van der Waals surface area contributed by atoms with Crippen LogP contribution in [0.2, 0.25) is 5.02 Å². The van der Waals surface area contributed by atoms with E-state index in [0.717, 1.165) is 6.07 Å². The first-order valence-electron chi connectivity index (χ1n) is 6.26. The predicted molar refractivity (Wildman–Crippen MR) is 72.5 cm³/mol. The van der Waals surface area contributed by atoms with E-state index in [0.29, 0.717) is 0 Å². The molecule has 1 aromatic rings. The Morgan fingerprint density at radius 3 is 2.55 bits per heavy atom. The first-order chi connectivity index (χ1) is 10.3. The van der Waals surface area contributed by atoms with Gasteiger partial charge in [0.1, 0.15) is 24.4 Å².